The number of ether oxygens (including phenoxy) is 2. The van der Waals surface area contributed by atoms with Gasteiger partial charge in [-0.1, -0.05) is 0 Å². The second-order valence-corrected chi connectivity index (χ2v) is 10.3. The number of alkyl halides is 3. The van der Waals surface area contributed by atoms with Gasteiger partial charge in [0.25, 0.3) is 0 Å². The standard InChI is InChI=1S/C27H31F3N2O3/c28-27(29,30)35-25-7-3-23(4-8-25)32-26(33)31-22-1-5-24(6-2-22)34-10-9-20-14-17-11-18-13-19(12-17)16-21(20)15-18/h1-8,17-21H,9-16H2,(H2,31,32,33). The number of benzene rings is 2. The maximum atomic E-state index is 12.2. The first-order valence-electron chi connectivity index (χ1n) is 12.5. The molecule has 3 atom stereocenters. The van der Waals surface area contributed by atoms with Gasteiger partial charge in [-0.15, -0.1) is 13.2 Å². The molecule has 188 valence electrons. The Bertz CT molecular complexity index is 996. The van der Waals surface area contributed by atoms with E-state index in [1.54, 1.807) is 12.1 Å². The Hall–Kier alpha value is -2.90. The van der Waals surface area contributed by atoms with Crippen molar-refractivity contribution in [3.05, 3.63) is 48.5 Å². The van der Waals surface area contributed by atoms with E-state index in [9.17, 15) is 18.0 Å². The van der Waals surface area contributed by atoms with Crippen LogP contribution in [0.15, 0.2) is 48.5 Å². The predicted octanol–water partition coefficient (Wildman–Crippen LogP) is 7.46. The number of hydrogen-bond donors (Lipinski definition) is 2. The zero-order valence-electron chi connectivity index (χ0n) is 19.5. The summed E-state index contributed by atoms with van der Waals surface area (Å²) in [4.78, 5) is 12.2. The summed E-state index contributed by atoms with van der Waals surface area (Å²) in [5.41, 5.74) is 0.931. The average molecular weight is 489 g/mol. The van der Waals surface area contributed by atoms with Crippen LogP contribution in [0.25, 0.3) is 0 Å². The molecule has 0 aromatic heterocycles. The van der Waals surface area contributed by atoms with E-state index < -0.39 is 12.4 Å². The third kappa shape index (κ3) is 6.41. The minimum absolute atomic E-state index is 0.345. The summed E-state index contributed by atoms with van der Waals surface area (Å²) in [6, 6.07) is 11.6. The van der Waals surface area contributed by atoms with Gasteiger partial charge in [0, 0.05) is 11.4 Å². The first-order chi connectivity index (χ1) is 16.8. The number of amides is 2. The molecular formula is C27H31F3N2O3. The number of halogens is 3. The third-order valence-corrected chi connectivity index (χ3v) is 7.79. The second kappa shape index (κ2) is 9.99. The lowest BCUT2D eigenvalue weighted by atomic mass is 9.67. The van der Waals surface area contributed by atoms with Gasteiger partial charge in [-0.05, 0) is 123 Å². The molecule has 8 heteroatoms. The van der Waals surface area contributed by atoms with Crippen molar-refractivity contribution < 1.29 is 27.4 Å². The summed E-state index contributed by atoms with van der Waals surface area (Å²) < 4.78 is 46.6. The van der Waals surface area contributed by atoms with E-state index in [4.69, 9.17) is 4.74 Å². The van der Waals surface area contributed by atoms with Gasteiger partial charge >= 0.3 is 12.4 Å². The molecule has 35 heavy (non-hydrogen) atoms. The molecule has 2 aromatic rings. The molecule has 0 saturated heterocycles. The van der Waals surface area contributed by atoms with Crippen LogP contribution in [0.3, 0.4) is 0 Å². The van der Waals surface area contributed by atoms with Gasteiger partial charge in [-0.2, -0.15) is 0 Å². The lowest BCUT2D eigenvalue weighted by Gasteiger charge is -2.39. The number of urea groups is 1. The average Bonchev–Trinajstić information content (AvgIpc) is 2.98. The summed E-state index contributed by atoms with van der Waals surface area (Å²) in [6.07, 6.45) is 4.94. The van der Waals surface area contributed by atoms with Crippen LogP contribution < -0.4 is 20.1 Å². The molecule has 4 aliphatic rings. The van der Waals surface area contributed by atoms with Crippen LogP contribution in [-0.4, -0.2) is 19.0 Å². The van der Waals surface area contributed by atoms with Gasteiger partial charge in [0.2, 0.25) is 0 Å². The summed E-state index contributed by atoms with van der Waals surface area (Å²) in [5.74, 6) is 4.97. The Kier molecular flexibility index (Phi) is 6.80. The van der Waals surface area contributed by atoms with Crippen molar-refractivity contribution in [1.29, 1.82) is 0 Å². The summed E-state index contributed by atoms with van der Waals surface area (Å²) >= 11 is 0. The van der Waals surface area contributed by atoms with Gasteiger partial charge in [0.1, 0.15) is 11.5 Å². The van der Waals surface area contributed by atoms with E-state index >= 15 is 0 Å². The number of rotatable bonds is 7. The highest BCUT2D eigenvalue weighted by atomic mass is 19.4. The minimum Gasteiger partial charge on any atom is -0.494 e. The van der Waals surface area contributed by atoms with Crippen molar-refractivity contribution in [2.24, 2.45) is 29.6 Å². The molecule has 0 aliphatic heterocycles. The highest BCUT2D eigenvalue weighted by Crippen LogP contribution is 2.53. The fraction of sp³-hybridized carbons (Fsp3) is 0.519. The molecule has 4 aliphatic carbocycles. The number of nitrogens with one attached hydrogen (secondary N) is 2. The van der Waals surface area contributed by atoms with Crippen molar-refractivity contribution in [3.63, 3.8) is 0 Å². The Balaban J connectivity index is 1.06. The molecule has 3 unspecified atom stereocenters. The number of carbonyl (C=O) groups excluding carboxylic acids is 1. The quantitative estimate of drug-likeness (QED) is 0.425. The van der Waals surface area contributed by atoms with Gasteiger partial charge in [0.15, 0.2) is 0 Å². The van der Waals surface area contributed by atoms with Gasteiger partial charge in [0.05, 0.1) is 6.61 Å². The fourth-order valence-corrected chi connectivity index (χ4v) is 6.59. The van der Waals surface area contributed by atoms with Gasteiger partial charge < -0.3 is 20.1 Å². The third-order valence-electron chi connectivity index (χ3n) is 7.79. The van der Waals surface area contributed by atoms with Gasteiger partial charge in [-0.25, -0.2) is 4.79 Å². The molecule has 0 radical (unpaired) electrons. The monoisotopic (exact) mass is 488 g/mol. The maximum absolute atomic E-state index is 12.2. The largest absolute Gasteiger partial charge is 0.573 e. The highest BCUT2D eigenvalue weighted by Gasteiger charge is 2.43. The van der Waals surface area contributed by atoms with E-state index in [1.165, 1.54) is 50.7 Å². The zero-order valence-corrected chi connectivity index (χ0v) is 19.5. The smallest absolute Gasteiger partial charge is 0.494 e. The molecule has 5 nitrogen and oxygen atoms in total. The topological polar surface area (TPSA) is 59.6 Å². The first-order valence-corrected chi connectivity index (χ1v) is 12.5. The van der Waals surface area contributed by atoms with Crippen LogP contribution in [0.5, 0.6) is 11.5 Å². The molecule has 4 bridgehead atoms. The summed E-state index contributed by atoms with van der Waals surface area (Å²) in [5, 5.41) is 5.28. The molecule has 0 heterocycles. The fourth-order valence-electron chi connectivity index (χ4n) is 6.59. The first kappa shape index (κ1) is 23.8. The Morgan fingerprint density at radius 2 is 1.29 bits per heavy atom. The van der Waals surface area contributed by atoms with Crippen molar-refractivity contribution in [2.45, 2.75) is 51.3 Å². The van der Waals surface area contributed by atoms with E-state index in [0.29, 0.717) is 18.0 Å². The van der Waals surface area contributed by atoms with Crippen LogP contribution in [0.2, 0.25) is 0 Å². The molecule has 2 amide bonds. The number of carbonyl (C=O) groups is 1. The Morgan fingerprint density at radius 3 is 1.83 bits per heavy atom. The maximum Gasteiger partial charge on any atom is 0.573 e. The van der Waals surface area contributed by atoms with Crippen LogP contribution in [0.1, 0.15) is 44.9 Å². The van der Waals surface area contributed by atoms with Crippen LogP contribution in [0.4, 0.5) is 29.3 Å². The molecule has 4 fully saturated rings. The van der Waals surface area contributed by atoms with Crippen molar-refractivity contribution in [3.8, 4) is 11.5 Å². The minimum atomic E-state index is -4.75. The zero-order chi connectivity index (χ0) is 24.4. The Morgan fingerprint density at radius 1 is 0.771 bits per heavy atom. The summed E-state index contributed by atoms with van der Waals surface area (Å²) in [7, 11) is 0. The van der Waals surface area contributed by atoms with Crippen LogP contribution in [0, 0.1) is 29.6 Å². The number of anilines is 2. The van der Waals surface area contributed by atoms with Crippen LogP contribution in [-0.2, 0) is 0 Å². The van der Waals surface area contributed by atoms with Crippen molar-refractivity contribution in [1.82, 2.24) is 0 Å². The van der Waals surface area contributed by atoms with E-state index in [2.05, 4.69) is 15.4 Å². The predicted molar refractivity (Wildman–Crippen MR) is 127 cm³/mol. The second-order valence-electron chi connectivity index (χ2n) is 10.3. The molecule has 2 N–H and O–H groups in total. The molecule has 2 aromatic carbocycles. The van der Waals surface area contributed by atoms with Crippen LogP contribution >= 0.6 is 0 Å². The van der Waals surface area contributed by atoms with Crippen molar-refractivity contribution >= 4 is 17.4 Å². The molecule has 0 spiro atoms. The SMILES string of the molecule is O=C(Nc1ccc(OCCC2CC3CC4CC(C3)CC2C4)cc1)Nc1ccc(OC(F)(F)F)cc1. The van der Waals surface area contributed by atoms with Crippen molar-refractivity contribution in [2.75, 3.05) is 17.2 Å². The van der Waals surface area contributed by atoms with E-state index in [0.717, 1.165) is 53.9 Å². The summed E-state index contributed by atoms with van der Waals surface area (Å²) in [6.45, 7) is 0.713. The van der Waals surface area contributed by atoms with E-state index in [-0.39, 0.29) is 5.75 Å². The van der Waals surface area contributed by atoms with E-state index in [1.807, 2.05) is 12.1 Å². The Labute approximate surface area is 203 Å². The lowest BCUT2D eigenvalue weighted by molar-refractivity contribution is -0.274. The highest BCUT2D eigenvalue weighted by molar-refractivity contribution is 5.99. The normalized spacial score (nSPS) is 27.2. The lowest BCUT2D eigenvalue weighted by Crippen LogP contribution is -2.28. The molecule has 4 saturated carbocycles. The number of hydrogen-bond acceptors (Lipinski definition) is 3. The van der Waals surface area contributed by atoms with Gasteiger partial charge in [-0.3, -0.25) is 0 Å². The number of fused-ring (bicyclic) bond motifs is 1. The molecule has 6 rings (SSSR count). The molecular weight excluding hydrogens is 457 g/mol.